The van der Waals surface area contributed by atoms with Crippen molar-refractivity contribution < 1.29 is 5.11 Å². The van der Waals surface area contributed by atoms with Crippen molar-refractivity contribution in [3.8, 4) is 0 Å². The molecule has 1 aromatic rings. The molecule has 1 unspecified atom stereocenters. The predicted molar refractivity (Wildman–Crippen MR) is 62.2 cm³/mol. The van der Waals surface area contributed by atoms with Crippen LogP contribution in [0, 0.1) is 0 Å². The van der Waals surface area contributed by atoms with Gasteiger partial charge in [-0.05, 0) is 20.8 Å². The van der Waals surface area contributed by atoms with Crippen molar-refractivity contribution in [3.63, 3.8) is 0 Å². The Bertz CT molecular complexity index is 306. The number of nitrogens with zero attached hydrogens (tertiary/aromatic N) is 2. The van der Waals surface area contributed by atoms with Crippen LogP contribution in [0.3, 0.4) is 0 Å². The molecule has 0 spiro atoms. The summed E-state index contributed by atoms with van der Waals surface area (Å²) in [5.74, 6) is 0.924. The Morgan fingerprint density at radius 3 is 2.60 bits per heavy atom. The first-order valence-electron chi connectivity index (χ1n) is 5.22. The summed E-state index contributed by atoms with van der Waals surface area (Å²) in [5.41, 5.74) is 0.948. The van der Waals surface area contributed by atoms with Crippen molar-refractivity contribution in [1.82, 2.24) is 9.78 Å². The van der Waals surface area contributed by atoms with Gasteiger partial charge in [-0.3, -0.25) is 0 Å². The van der Waals surface area contributed by atoms with E-state index in [0.29, 0.717) is 12.6 Å². The second-order valence-electron chi connectivity index (χ2n) is 3.99. The number of nitrogens with one attached hydrogen (secondary N) is 2. The number of aromatic nitrogens is 2. The van der Waals surface area contributed by atoms with Crippen molar-refractivity contribution in [3.05, 3.63) is 6.20 Å². The van der Waals surface area contributed by atoms with E-state index in [0.717, 1.165) is 11.5 Å². The highest BCUT2D eigenvalue weighted by atomic mass is 16.3. The Labute approximate surface area is 90.5 Å². The van der Waals surface area contributed by atoms with Crippen LogP contribution >= 0.6 is 0 Å². The summed E-state index contributed by atoms with van der Waals surface area (Å²) < 4.78 is 1.77. The standard InChI is InChI=1S/C10H20N4O/c1-7(2)13-10-9(11-4)5-12-14(10)6-8(3)15/h5,7-8,11,13,15H,6H2,1-4H3. The van der Waals surface area contributed by atoms with Crippen LogP contribution in [0.15, 0.2) is 6.20 Å². The van der Waals surface area contributed by atoms with Crippen molar-refractivity contribution in [2.24, 2.45) is 0 Å². The van der Waals surface area contributed by atoms with Crippen LogP contribution in [0.5, 0.6) is 0 Å². The van der Waals surface area contributed by atoms with Crippen molar-refractivity contribution in [2.45, 2.75) is 39.5 Å². The molecule has 3 N–H and O–H groups in total. The lowest BCUT2D eigenvalue weighted by Crippen LogP contribution is -2.19. The summed E-state index contributed by atoms with van der Waals surface area (Å²) in [6.07, 6.45) is 1.36. The van der Waals surface area contributed by atoms with E-state index in [9.17, 15) is 5.11 Å². The van der Waals surface area contributed by atoms with E-state index in [-0.39, 0.29) is 0 Å². The number of aliphatic hydroxyl groups excluding tert-OH is 1. The van der Waals surface area contributed by atoms with Gasteiger partial charge in [0.15, 0.2) is 0 Å². The molecule has 0 aliphatic heterocycles. The van der Waals surface area contributed by atoms with Crippen molar-refractivity contribution >= 4 is 11.5 Å². The van der Waals surface area contributed by atoms with Gasteiger partial charge in [0, 0.05) is 13.1 Å². The average Bonchev–Trinajstić information content (AvgIpc) is 2.47. The Kier molecular flexibility index (Phi) is 3.96. The fourth-order valence-corrected chi connectivity index (χ4v) is 1.38. The normalized spacial score (nSPS) is 12.9. The monoisotopic (exact) mass is 212 g/mol. The topological polar surface area (TPSA) is 62.1 Å². The zero-order valence-electron chi connectivity index (χ0n) is 9.78. The molecule has 0 radical (unpaired) electrons. The molecular weight excluding hydrogens is 192 g/mol. The molecule has 0 aliphatic rings. The van der Waals surface area contributed by atoms with E-state index in [1.165, 1.54) is 0 Å². The maximum absolute atomic E-state index is 9.34. The Morgan fingerprint density at radius 1 is 1.47 bits per heavy atom. The molecule has 0 saturated heterocycles. The Balaban J connectivity index is 2.89. The minimum absolute atomic E-state index is 0.335. The third-order valence-corrected chi connectivity index (χ3v) is 1.97. The third kappa shape index (κ3) is 3.13. The molecule has 0 fully saturated rings. The Hall–Kier alpha value is -1.23. The van der Waals surface area contributed by atoms with E-state index >= 15 is 0 Å². The smallest absolute Gasteiger partial charge is 0.148 e. The summed E-state index contributed by atoms with van der Waals surface area (Å²) in [6.45, 7) is 6.38. The lowest BCUT2D eigenvalue weighted by molar-refractivity contribution is 0.169. The quantitative estimate of drug-likeness (QED) is 0.684. The maximum atomic E-state index is 9.34. The first-order chi connectivity index (χ1) is 7.04. The predicted octanol–water partition coefficient (Wildman–Crippen LogP) is 1.13. The average molecular weight is 212 g/mol. The molecule has 1 rings (SSSR count). The Morgan fingerprint density at radius 2 is 2.13 bits per heavy atom. The molecule has 0 amide bonds. The molecule has 5 heteroatoms. The number of anilines is 2. The molecule has 0 aromatic carbocycles. The van der Waals surface area contributed by atoms with Gasteiger partial charge in [0.2, 0.25) is 0 Å². The summed E-state index contributed by atoms with van der Waals surface area (Å²) in [4.78, 5) is 0. The largest absolute Gasteiger partial charge is 0.391 e. The van der Waals surface area contributed by atoms with Gasteiger partial charge in [0.1, 0.15) is 5.82 Å². The van der Waals surface area contributed by atoms with E-state index in [1.54, 1.807) is 17.8 Å². The van der Waals surface area contributed by atoms with E-state index in [2.05, 4.69) is 29.6 Å². The van der Waals surface area contributed by atoms with Crippen LogP contribution < -0.4 is 10.6 Å². The number of hydrogen-bond acceptors (Lipinski definition) is 4. The lowest BCUT2D eigenvalue weighted by atomic mass is 10.3. The summed E-state index contributed by atoms with van der Waals surface area (Å²) >= 11 is 0. The zero-order chi connectivity index (χ0) is 11.4. The van der Waals surface area contributed by atoms with E-state index < -0.39 is 6.10 Å². The molecule has 1 heterocycles. The highest BCUT2D eigenvalue weighted by Crippen LogP contribution is 2.21. The molecule has 5 nitrogen and oxygen atoms in total. The maximum Gasteiger partial charge on any atom is 0.148 e. The zero-order valence-corrected chi connectivity index (χ0v) is 9.78. The fourth-order valence-electron chi connectivity index (χ4n) is 1.38. The second-order valence-corrected chi connectivity index (χ2v) is 3.99. The van der Waals surface area contributed by atoms with Gasteiger partial charge >= 0.3 is 0 Å². The van der Waals surface area contributed by atoms with Gasteiger partial charge in [-0.2, -0.15) is 5.10 Å². The van der Waals surface area contributed by atoms with Crippen LogP contribution in [-0.2, 0) is 6.54 Å². The van der Waals surface area contributed by atoms with Gasteiger partial charge in [-0.25, -0.2) is 4.68 Å². The second kappa shape index (κ2) is 5.02. The summed E-state index contributed by atoms with van der Waals surface area (Å²) in [6, 6.07) is 0.335. The van der Waals surface area contributed by atoms with Crippen molar-refractivity contribution in [2.75, 3.05) is 17.7 Å². The summed E-state index contributed by atoms with van der Waals surface area (Å²) in [7, 11) is 1.86. The van der Waals surface area contributed by atoms with Gasteiger partial charge < -0.3 is 15.7 Å². The lowest BCUT2D eigenvalue weighted by Gasteiger charge is -2.15. The molecule has 0 aliphatic carbocycles. The third-order valence-electron chi connectivity index (χ3n) is 1.97. The van der Waals surface area contributed by atoms with Crippen LogP contribution in [0.2, 0.25) is 0 Å². The van der Waals surface area contributed by atoms with Crippen molar-refractivity contribution in [1.29, 1.82) is 0 Å². The van der Waals surface area contributed by atoms with Gasteiger partial charge in [-0.1, -0.05) is 0 Å². The minimum atomic E-state index is -0.401. The molecule has 15 heavy (non-hydrogen) atoms. The highest BCUT2D eigenvalue weighted by molar-refractivity contribution is 5.64. The SMILES string of the molecule is CNc1cnn(CC(C)O)c1NC(C)C. The fraction of sp³-hybridized carbons (Fsp3) is 0.700. The molecule has 0 saturated carbocycles. The molecule has 0 bridgehead atoms. The van der Waals surface area contributed by atoms with Crippen LogP contribution in [-0.4, -0.2) is 34.1 Å². The minimum Gasteiger partial charge on any atom is -0.391 e. The molecule has 1 atom stereocenters. The van der Waals surface area contributed by atoms with Gasteiger partial charge in [0.05, 0.1) is 24.5 Å². The number of hydrogen-bond donors (Lipinski definition) is 3. The van der Waals surface area contributed by atoms with E-state index in [1.807, 2.05) is 7.05 Å². The van der Waals surface area contributed by atoms with Crippen LogP contribution in [0.4, 0.5) is 11.5 Å². The first-order valence-corrected chi connectivity index (χ1v) is 5.22. The summed E-state index contributed by atoms with van der Waals surface area (Å²) in [5, 5.41) is 19.9. The van der Waals surface area contributed by atoms with E-state index in [4.69, 9.17) is 0 Å². The molecule has 86 valence electrons. The highest BCUT2D eigenvalue weighted by Gasteiger charge is 2.11. The van der Waals surface area contributed by atoms with Gasteiger partial charge in [0.25, 0.3) is 0 Å². The molecule has 1 aromatic heterocycles. The first kappa shape index (κ1) is 11.8. The number of aliphatic hydroxyl groups is 1. The van der Waals surface area contributed by atoms with Gasteiger partial charge in [-0.15, -0.1) is 0 Å². The molecular formula is C10H20N4O. The van der Waals surface area contributed by atoms with Crippen LogP contribution in [0.25, 0.3) is 0 Å². The van der Waals surface area contributed by atoms with Crippen LogP contribution in [0.1, 0.15) is 20.8 Å². The number of rotatable bonds is 5.